The summed E-state index contributed by atoms with van der Waals surface area (Å²) in [6, 6.07) is 5.94. The van der Waals surface area contributed by atoms with E-state index >= 15 is 0 Å². The van der Waals surface area contributed by atoms with Crippen molar-refractivity contribution in [2.75, 3.05) is 25.0 Å². The van der Waals surface area contributed by atoms with Crippen molar-refractivity contribution in [1.29, 1.82) is 0 Å². The molecule has 0 unspecified atom stereocenters. The zero-order valence-electron chi connectivity index (χ0n) is 21.2. The van der Waals surface area contributed by atoms with Crippen LogP contribution in [0.1, 0.15) is 52.0 Å². The summed E-state index contributed by atoms with van der Waals surface area (Å²) < 4.78 is 5.06. The van der Waals surface area contributed by atoms with Crippen LogP contribution in [0.2, 0.25) is 0 Å². The first-order chi connectivity index (χ1) is 17.2. The second-order valence-corrected chi connectivity index (χ2v) is 8.71. The molecule has 0 aromatic heterocycles. The fraction of sp³-hybridized carbons (Fsp3) is 0.583. The third-order valence-corrected chi connectivity index (χ3v) is 5.37. The van der Waals surface area contributed by atoms with Crippen molar-refractivity contribution in [1.82, 2.24) is 10.6 Å². The highest BCUT2D eigenvalue weighted by Gasteiger charge is 2.27. The molecule has 0 radical (unpaired) electrons. The van der Waals surface area contributed by atoms with Crippen LogP contribution in [0.4, 0.5) is 10.5 Å². The largest absolute Gasteiger partial charge is 0.445 e. The number of amides is 3. The van der Waals surface area contributed by atoms with E-state index in [1.165, 1.54) is 0 Å². The van der Waals surface area contributed by atoms with Gasteiger partial charge in [0.15, 0.2) is 0 Å². The van der Waals surface area contributed by atoms with E-state index in [9.17, 15) is 19.2 Å². The quantitative estimate of drug-likeness (QED) is 0.116. The number of ether oxygens (including phenoxy) is 1. The van der Waals surface area contributed by atoms with Gasteiger partial charge in [-0.2, -0.15) is 0 Å². The van der Waals surface area contributed by atoms with Crippen molar-refractivity contribution >= 4 is 29.4 Å². The number of benzene rings is 1. The number of nitrogens with two attached hydrogens (primary N) is 1. The number of hydrogen-bond donors (Lipinski definition) is 4. The number of anilines is 1. The van der Waals surface area contributed by atoms with E-state index in [-0.39, 0.29) is 30.6 Å². The first kappa shape index (κ1) is 30.4. The number of unbranched alkanes of at least 4 members (excludes halogenated alkanes) is 1. The third kappa shape index (κ3) is 12.2. The zero-order chi connectivity index (χ0) is 26.9. The molecule has 0 bridgehead atoms. The molecule has 0 saturated carbocycles. The highest BCUT2D eigenvalue weighted by Crippen LogP contribution is 2.18. The molecule has 0 heterocycles. The summed E-state index contributed by atoms with van der Waals surface area (Å²) in [4.78, 5) is 51.8. The van der Waals surface area contributed by atoms with Gasteiger partial charge in [-0.05, 0) is 48.9 Å². The molecule has 0 aliphatic carbocycles. The molecule has 36 heavy (non-hydrogen) atoms. The Labute approximate surface area is 211 Å². The van der Waals surface area contributed by atoms with Gasteiger partial charge in [0, 0.05) is 49.0 Å². The molecule has 2 atom stereocenters. The number of hydrogen-bond acceptors (Lipinski definition) is 7. The van der Waals surface area contributed by atoms with Gasteiger partial charge in [-0.1, -0.05) is 31.1 Å². The van der Waals surface area contributed by atoms with Crippen molar-refractivity contribution in [3.63, 3.8) is 0 Å². The van der Waals surface area contributed by atoms with Crippen LogP contribution >= 0.6 is 0 Å². The van der Waals surface area contributed by atoms with Gasteiger partial charge in [0.25, 0.3) is 0 Å². The molecule has 3 amide bonds. The van der Waals surface area contributed by atoms with Crippen molar-refractivity contribution < 1.29 is 23.9 Å². The van der Waals surface area contributed by atoms with E-state index in [1.807, 2.05) is 13.8 Å². The summed E-state index contributed by atoms with van der Waals surface area (Å²) in [5.74, 6) is -1.43. The van der Waals surface area contributed by atoms with Crippen LogP contribution in [0.25, 0.3) is 10.4 Å². The second-order valence-electron chi connectivity index (χ2n) is 8.71. The maximum absolute atomic E-state index is 12.8. The molecule has 1 aromatic carbocycles. The smallest absolute Gasteiger partial charge is 0.407 e. The molecule has 0 fully saturated rings. The van der Waals surface area contributed by atoms with Crippen molar-refractivity contribution in [3.05, 3.63) is 40.3 Å². The maximum Gasteiger partial charge on any atom is 0.407 e. The normalized spacial score (nSPS) is 12.1. The van der Waals surface area contributed by atoms with Crippen molar-refractivity contribution in [2.24, 2.45) is 22.7 Å². The van der Waals surface area contributed by atoms with Crippen LogP contribution in [0.5, 0.6) is 0 Å². The Hall–Kier alpha value is -3.63. The molecule has 0 aliphatic rings. The molecule has 0 spiro atoms. The van der Waals surface area contributed by atoms with Gasteiger partial charge >= 0.3 is 6.09 Å². The topological polar surface area (TPSA) is 188 Å². The van der Waals surface area contributed by atoms with Crippen LogP contribution in [-0.4, -0.2) is 49.4 Å². The average molecular weight is 504 g/mol. The number of ketones is 1. The number of alkyl carbamates (subject to hydrolysis) is 1. The van der Waals surface area contributed by atoms with E-state index in [0.717, 1.165) is 5.56 Å². The lowest BCUT2D eigenvalue weighted by Crippen LogP contribution is -2.45. The summed E-state index contributed by atoms with van der Waals surface area (Å²) in [7, 11) is 0. The molecule has 0 saturated heterocycles. The van der Waals surface area contributed by atoms with Gasteiger partial charge in [0.2, 0.25) is 11.8 Å². The maximum atomic E-state index is 12.8. The lowest BCUT2D eigenvalue weighted by molar-refractivity contribution is -0.133. The van der Waals surface area contributed by atoms with Crippen LogP contribution in [-0.2, 0) is 25.7 Å². The van der Waals surface area contributed by atoms with Gasteiger partial charge < -0.3 is 26.4 Å². The SMILES string of the molecule is CC(C)[C@H](CC(=O)CCCCN=[N+]=[N-])C(=O)N[C@@H](C)C(=O)Nc1ccc(COC(=O)NCCN)cc1. The Bertz CT molecular complexity index is 914. The molecule has 5 N–H and O–H groups in total. The lowest BCUT2D eigenvalue weighted by atomic mass is 9.88. The minimum atomic E-state index is -0.813. The van der Waals surface area contributed by atoms with Gasteiger partial charge in [-0.25, -0.2) is 4.79 Å². The minimum Gasteiger partial charge on any atom is -0.445 e. The first-order valence-corrected chi connectivity index (χ1v) is 12.0. The molecule has 198 valence electrons. The Morgan fingerprint density at radius 2 is 1.78 bits per heavy atom. The average Bonchev–Trinajstić information content (AvgIpc) is 2.85. The fourth-order valence-electron chi connectivity index (χ4n) is 3.22. The minimum absolute atomic E-state index is 0.0391. The molecule has 1 rings (SSSR count). The standard InChI is InChI=1S/C24H37N7O5/c1-16(2)21(14-20(32)6-4-5-12-28-31-26)23(34)29-17(3)22(33)30-19-9-7-18(8-10-19)15-36-24(35)27-13-11-25/h7-10,16-17,21H,4-6,11-15,25H2,1-3H3,(H,27,35)(H,29,34)(H,30,33)/t17-,21-/m0/s1. The van der Waals surface area contributed by atoms with Gasteiger partial charge in [-0.3, -0.25) is 14.4 Å². The van der Waals surface area contributed by atoms with Gasteiger partial charge in [0.05, 0.1) is 0 Å². The summed E-state index contributed by atoms with van der Waals surface area (Å²) in [5, 5.41) is 11.4. The van der Waals surface area contributed by atoms with Crippen molar-refractivity contribution in [2.45, 2.75) is 59.1 Å². The number of carbonyl (C=O) groups excluding carboxylic acids is 4. The summed E-state index contributed by atoms with van der Waals surface area (Å²) in [6.07, 6.45) is 1.05. The summed E-state index contributed by atoms with van der Waals surface area (Å²) >= 11 is 0. The highest BCUT2D eigenvalue weighted by atomic mass is 16.5. The van der Waals surface area contributed by atoms with Crippen LogP contribution in [0.15, 0.2) is 29.4 Å². The van der Waals surface area contributed by atoms with Crippen LogP contribution in [0, 0.1) is 11.8 Å². The zero-order valence-corrected chi connectivity index (χ0v) is 21.2. The number of azide groups is 1. The van der Waals surface area contributed by atoms with E-state index in [4.69, 9.17) is 16.0 Å². The Kier molecular flexibility index (Phi) is 14.3. The monoisotopic (exact) mass is 503 g/mol. The second kappa shape index (κ2) is 16.9. The number of nitrogens with zero attached hydrogens (tertiary/aromatic N) is 3. The van der Waals surface area contributed by atoms with E-state index in [0.29, 0.717) is 44.6 Å². The Balaban J connectivity index is 2.53. The van der Waals surface area contributed by atoms with Gasteiger partial charge in [0.1, 0.15) is 18.4 Å². The summed E-state index contributed by atoms with van der Waals surface area (Å²) in [6.45, 7) is 6.35. The van der Waals surface area contributed by atoms with Gasteiger partial charge in [-0.15, -0.1) is 0 Å². The predicted molar refractivity (Wildman–Crippen MR) is 136 cm³/mol. The van der Waals surface area contributed by atoms with Crippen LogP contribution < -0.4 is 21.7 Å². The third-order valence-electron chi connectivity index (χ3n) is 5.37. The molecule has 1 aromatic rings. The predicted octanol–water partition coefficient (Wildman–Crippen LogP) is 3.03. The molecule has 12 heteroatoms. The first-order valence-electron chi connectivity index (χ1n) is 12.0. The van der Waals surface area contributed by atoms with Crippen molar-refractivity contribution in [3.8, 4) is 0 Å². The Morgan fingerprint density at radius 1 is 1.08 bits per heavy atom. The van der Waals surface area contributed by atoms with E-state index in [2.05, 4.69) is 26.0 Å². The fourth-order valence-corrected chi connectivity index (χ4v) is 3.22. The highest BCUT2D eigenvalue weighted by molar-refractivity contribution is 5.97. The lowest BCUT2D eigenvalue weighted by Gasteiger charge is -2.22. The summed E-state index contributed by atoms with van der Waals surface area (Å²) in [5.41, 5.74) is 14.8. The molecule has 0 aliphatic heterocycles. The van der Waals surface area contributed by atoms with Crippen LogP contribution in [0.3, 0.4) is 0 Å². The number of carbonyl (C=O) groups is 4. The number of rotatable bonds is 16. The molecular formula is C24H37N7O5. The van der Waals surface area contributed by atoms with E-state index < -0.39 is 24.0 Å². The number of Topliss-reactive ketones (excluding diaryl/α,β-unsaturated/α-hetero) is 1. The molecular weight excluding hydrogens is 466 g/mol. The van der Waals surface area contributed by atoms with E-state index in [1.54, 1.807) is 31.2 Å². The number of nitrogens with one attached hydrogen (secondary N) is 3. The Morgan fingerprint density at radius 3 is 2.39 bits per heavy atom. The molecule has 12 nitrogen and oxygen atoms in total.